The maximum atomic E-state index is 11.3. The molecule has 3 heteroatoms. The average Bonchev–Trinajstić information content (AvgIpc) is 2.79. The van der Waals surface area contributed by atoms with Crippen LogP contribution in [0, 0.1) is 12.8 Å². The molecular weight excluding hydrogens is 226 g/mol. The Hall–Kier alpha value is -1.51. The number of rotatable bonds is 4. The second-order valence-corrected chi connectivity index (χ2v) is 5.07. The smallest absolute Gasteiger partial charge is 0.308 e. The summed E-state index contributed by atoms with van der Waals surface area (Å²) < 4.78 is 0. The maximum Gasteiger partial charge on any atom is 0.308 e. The molecular formula is C15H21NO2. The van der Waals surface area contributed by atoms with E-state index in [1.165, 1.54) is 5.56 Å². The molecule has 1 aromatic carbocycles. The van der Waals surface area contributed by atoms with E-state index in [0.29, 0.717) is 0 Å². The molecule has 2 unspecified atom stereocenters. The van der Waals surface area contributed by atoms with Crippen molar-refractivity contribution in [3.8, 4) is 0 Å². The predicted molar refractivity (Wildman–Crippen MR) is 73.0 cm³/mol. The summed E-state index contributed by atoms with van der Waals surface area (Å²) in [7, 11) is 0. The summed E-state index contributed by atoms with van der Waals surface area (Å²) in [4.78, 5) is 13.6. The second-order valence-electron chi connectivity index (χ2n) is 5.07. The molecule has 0 spiro atoms. The van der Waals surface area contributed by atoms with Crippen LogP contribution in [0.3, 0.4) is 0 Å². The van der Waals surface area contributed by atoms with Gasteiger partial charge >= 0.3 is 5.97 Å². The summed E-state index contributed by atoms with van der Waals surface area (Å²) in [5.41, 5.74) is 2.37. The summed E-state index contributed by atoms with van der Waals surface area (Å²) in [6, 6.07) is 8.47. The SMILES string of the molecule is CCN(c1cccc(C)c1)C1CCCC1C(=O)O. The molecule has 0 heterocycles. The molecule has 0 saturated heterocycles. The molecule has 18 heavy (non-hydrogen) atoms. The zero-order valence-corrected chi connectivity index (χ0v) is 11.1. The molecule has 1 fully saturated rings. The number of hydrogen-bond acceptors (Lipinski definition) is 2. The lowest BCUT2D eigenvalue weighted by Gasteiger charge is -2.33. The van der Waals surface area contributed by atoms with Gasteiger partial charge < -0.3 is 10.0 Å². The Morgan fingerprint density at radius 3 is 2.83 bits per heavy atom. The number of nitrogens with zero attached hydrogens (tertiary/aromatic N) is 1. The van der Waals surface area contributed by atoms with Crippen LogP contribution in [-0.2, 0) is 4.79 Å². The number of aryl methyl sites for hydroxylation is 1. The van der Waals surface area contributed by atoms with E-state index in [1.54, 1.807) is 0 Å². The van der Waals surface area contributed by atoms with Crippen LogP contribution < -0.4 is 4.90 Å². The van der Waals surface area contributed by atoms with Crippen LogP contribution in [-0.4, -0.2) is 23.7 Å². The third-order valence-corrected chi connectivity index (χ3v) is 3.87. The number of carboxylic acid groups (broad SMARTS) is 1. The van der Waals surface area contributed by atoms with Crippen LogP contribution in [0.15, 0.2) is 24.3 Å². The van der Waals surface area contributed by atoms with E-state index >= 15 is 0 Å². The second kappa shape index (κ2) is 5.42. The van der Waals surface area contributed by atoms with Gasteiger partial charge in [0.25, 0.3) is 0 Å². The number of aliphatic carboxylic acids is 1. The van der Waals surface area contributed by atoms with Crippen LogP contribution in [0.4, 0.5) is 5.69 Å². The fourth-order valence-electron chi connectivity index (χ4n) is 3.02. The number of benzene rings is 1. The first kappa shape index (κ1) is 12.9. The maximum absolute atomic E-state index is 11.3. The lowest BCUT2D eigenvalue weighted by atomic mass is 10.0. The summed E-state index contributed by atoms with van der Waals surface area (Å²) in [5, 5.41) is 9.30. The molecule has 1 saturated carbocycles. The Kier molecular flexibility index (Phi) is 3.90. The van der Waals surface area contributed by atoms with E-state index in [4.69, 9.17) is 0 Å². The zero-order chi connectivity index (χ0) is 13.1. The van der Waals surface area contributed by atoms with Crippen molar-refractivity contribution in [3.63, 3.8) is 0 Å². The molecule has 1 aliphatic carbocycles. The van der Waals surface area contributed by atoms with Crippen molar-refractivity contribution < 1.29 is 9.90 Å². The van der Waals surface area contributed by atoms with Crippen LogP contribution in [0.2, 0.25) is 0 Å². The number of carbonyl (C=O) groups is 1. The van der Waals surface area contributed by atoms with Gasteiger partial charge in [0.15, 0.2) is 0 Å². The lowest BCUT2D eigenvalue weighted by molar-refractivity contribution is -0.141. The van der Waals surface area contributed by atoms with Crippen LogP contribution >= 0.6 is 0 Å². The third kappa shape index (κ3) is 2.50. The standard InChI is InChI=1S/C15H21NO2/c1-3-16(12-7-4-6-11(2)10-12)14-9-5-8-13(14)15(17)18/h4,6-7,10,13-14H,3,5,8-9H2,1-2H3,(H,17,18). The Morgan fingerprint density at radius 2 is 2.22 bits per heavy atom. The monoisotopic (exact) mass is 247 g/mol. The Bertz CT molecular complexity index is 430. The minimum atomic E-state index is -0.649. The van der Waals surface area contributed by atoms with Crippen molar-refractivity contribution in [3.05, 3.63) is 29.8 Å². The molecule has 1 aromatic rings. The normalized spacial score (nSPS) is 23.0. The number of hydrogen-bond donors (Lipinski definition) is 1. The first-order chi connectivity index (χ1) is 8.63. The van der Waals surface area contributed by atoms with Crippen molar-refractivity contribution in [2.75, 3.05) is 11.4 Å². The van der Waals surface area contributed by atoms with E-state index in [2.05, 4.69) is 36.9 Å². The van der Waals surface area contributed by atoms with Crippen LogP contribution in [0.1, 0.15) is 31.7 Å². The summed E-state index contributed by atoms with van der Waals surface area (Å²) >= 11 is 0. The highest BCUT2D eigenvalue weighted by Gasteiger charge is 2.36. The van der Waals surface area contributed by atoms with E-state index in [9.17, 15) is 9.90 Å². The minimum absolute atomic E-state index is 0.147. The molecule has 3 nitrogen and oxygen atoms in total. The average molecular weight is 247 g/mol. The number of anilines is 1. The molecule has 98 valence electrons. The van der Waals surface area contributed by atoms with Gasteiger partial charge in [-0.2, -0.15) is 0 Å². The lowest BCUT2D eigenvalue weighted by Crippen LogP contribution is -2.40. The minimum Gasteiger partial charge on any atom is -0.481 e. The van der Waals surface area contributed by atoms with Gasteiger partial charge in [-0.25, -0.2) is 0 Å². The molecule has 0 radical (unpaired) electrons. The molecule has 2 rings (SSSR count). The van der Waals surface area contributed by atoms with Gasteiger partial charge in [-0.3, -0.25) is 4.79 Å². The summed E-state index contributed by atoms with van der Waals surface area (Å²) in [6.07, 6.45) is 2.81. The van der Waals surface area contributed by atoms with Gasteiger partial charge in [-0.15, -0.1) is 0 Å². The zero-order valence-electron chi connectivity index (χ0n) is 11.1. The Balaban J connectivity index is 2.25. The van der Waals surface area contributed by atoms with E-state index < -0.39 is 5.97 Å². The largest absolute Gasteiger partial charge is 0.481 e. The van der Waals surface area contributed by atoms with Gasteiger partial charge in [-0.05, 0) is 44.4 Å². The van der Waals surface area contributed by atoms with Crippen molar-refractivity contribution in [2.24, 2.45) is 5.92 Å². The molecule has 0 aromatic heterocycles. The Labute approximate surface area is 108 Å². The highest BCUT2D eigenvalue weighted by atomic mass is 16.4. The highest BCUT2D eigenvalue weighted by Crippen LogP contribution is 2.33. The topological polar surface area (TPSA) is 40.5 Å². The first-order valence-corrected chi connectivity index (χ1v) is 6.69. The molecule has 0 bridgehead atoms. The van der Waals surface area contributed by atoms with Crippen molar-refractivity contribution >= 4 is 11.7 Å². The van der Waals surface area contributed by atoms with Crippen LogP contribution in [0.25, 0.3) is 0 Å². The van der Waals surface area contributed by atoms with Gasteiger partial charge in [-0.1, -0.05) is 18.6 Å². The van der Waals surface area contributed by atoms with Gasteiger partial charge in [0.1, 0.15) is 0 Å². The number of carboxylic acids is 1. The summed E-state index contributed by atoms with van der Waals surface area (Å²) in [5.74, 6) is -0.867. The van der Waals surface area contributed by atoms with E-state index in [0.717, 1.165) is 31.5 Å². The predicted octanol–water partition coefficient (Wildman–Crippen LogP) is 3.07. The van der Waals surface area contributed by atoms with Gasteiger partial charge in [0.05, 0.1) is 5.92 Å². The van der Waals surface area contributed by atoms with Gasteiger partial charge in [0.2, 0.25) is 0 Å². The first-order valence-electron chi connectivity index (χ1n) is 6.69. The van der Waals surface area contributed by atoms with Crippen molar-refractivity contribution in [2.45, 2.75) is 39.2 Å². The van der Waals surface area contributed by atoms with Crippen LogP contribution in [0.5, 0.6) is 0 Å². The fraction of sp³-hybridized carbons (Fsp3) is 0.533. The molecule has 2 atom stereocenters. The van der Waals surface area contributed by atoms with Crippen molar-refractivity contribution in [1.29, 1.82) is 0 Å². The molecule has 1 aliphatic rings. The summed E-state index contributed by atoms with van der Waals surface area (Å²) in [6.45, 7) is 5.03. The molecule has 1 N–H and O–H groups in total. The molecule has 0 amide bonds. The third-order valence-electron chi connectivity index (χ3n) is 3.87. The Morgan fingerprint density at radius 1 is 1.44 bits per heavy atom. The van der Waals surface area contributed by atoms with E-state index in [-0.39, 0.29) is 12.0 Å². The fourth-order valence-corrected chi connectivity index (χ4v) is 3.02. The van der Waals surface area contributed by atoms with Crippen molar-refractivity contribution in [1.82, 2.24) is 0 Å². The quantitative estimate of drug-likeness (QED) is 0.889. The highest BCUT2D eigenvalue weighted by molar-refractivity contribution is 5.72. The van der Waals surface area contributed by atoms with E-state index in [1.807, 2.05) is 6.07 Å². The molecule has 0 aliphatic heterocycles. The van der Waals surface area contributed by atoms with Gasteiger partial charge in [0, 0.05) is 18.3 Å².